The fraction of sp³-hybridized carbons (Fsp3) is 0.241. The number of rotatable bonds is 8. The molecule has 0 radical (unpaired) electrons. The lowest BCUT2D eigenvalue weighted by Crippen LogP contribution is -2.55. The van der Waals surface area contributed by atoms with Crippen molar-refractivity contribution in [3.8, 4) is 17.2 Å². The maximum absolute atomic E-state index is 13.7. The monoisotopic (exact) mass is 500 g/mol. The smallest absolute Gasteiger partial charge is 0.236 e. The van der Waals surface area contributed by atoms with E-state index < -0.39 is 0 Å². The lowest BCUT2D eigenvalue weighted by atomic mass is 10.0. The minimum atomic E-state index is -0.266. The number of phenolic OH excluding ortho intramolecular Hbond substituents is 1. The van der Waals surface area contributed by atoms with E-state index in [9.17, 15) is 14.3 Å². The van der Waals surface area contributed by atoms with Crippen LogP contribution in [0.2, 0.25) is 0 Å². The van der Waals surface area contributed by atoms with E-state index in [1.807, 2.05) is 48.0 Å². The number of ether oxygens (including phenoxy) is 1. The first kappa shape index (κ1) is 24.5. The molecule has 8 heteroatoms. The number of halogens is 1. The van der Waals surface area contributed by atoms with E-state index in [4.69, 9.17) is 4.74 Å². The zero-order valence-electron chi connectivity index (χ0n) is 20.6. The number of likely N-dealkylation sites (N-methyl/N-ethyl adjacent to an activating group) is 1. The average molecular weight is 501 g/mol. The van der Waals surface area contributed by atoms with Crippen LogP contribution >= 0.6 is 0 Å². The van der Waals surface area contributed by atoms with Gasteiger partial charge in [0.2, 0.25) is 5.91 Å². The minimum Gasteiger partial charge on any atom is -0.504 e. The van der Waals surface area contributed by atoms with Gasteiger partial charge in [0.1, 0.15) is 11.6 Å². The normalized spacial score (nSPS) is 16.2. The number of carbonyl (C=O) groups excluding carboxylic acids is 1. The zero-order valence-corrected chi connectivity index (χ0v) is 20.6. The number of carbonyl (C=O) groups is 1. The van der Waals surface area contributed by atoms with Gasteiger partial charge in [-0.05, 0) is 53.9 Å². The highest BCUT2D eigenvalue weighted by Crippen LogP contribution is 2.30. The third kappa shape index (κ3) is 5.98. The zero-order chi connectivity index (χ0) is 25.8. The van der Waals surface area contributed by atoms with Crippen molar-refractivity contribution in [3.63, 3.8) is 0 Å². The van der Waals surface area contributed by atoms with Crippen molar-refractivity contribution in [3.05, 3.63) is 108 Å². The van der Waals surface area contributed by atoms with E-state index >= 15 is 0 Å². The molecule has 1 aromatic heterocycles. The number of phenols is 1. The number of hydrogen-bond donors (Lipinski definition) is 1. The Kier molecular flexibility index (Phi) is 7.18. The summed E-state index contributed by atoms with van der Waals surface area (Å²) in [5.74, 6) is 0.929. The largest absolute Gasteiger partial charge is 0.504 e. The van der Waals surface area contributed by atoms with E-state index in [2.05, 4.69) is 9.88 Å². The number of hydrogen-bond acceptors (Lipinski definition) is 5. The molecule has 0 bridgehead atoms. The van der Waals surface area contributed by atoms with Crippen molar-refractivity contribution in [2.24, 2.45) is 0 Å². The summed E-state index contributed by atoms with van der Waals surface area (Å²) < 4.78 is 21.6. The molecule has 190 valence electrons. The Morgan fingerprint density at radius 1 is 1.03 bits per heavy atom. The lowest BCUT2D eigenvalue weighted by Gasteiger charge is -2.39. The molecule has 1 N–H and O–H groups in total. The van der Waals surface area contributed by atoms with Gasteiger partial charge in [0.15, 0.2) is 11.5 Å². The molecule has 1 saturated heterocycles. The second-order valence-electron chi connectivity index (χ2n) is 9.40. The summed E-state index contributed by atoms with van der Waals surface area (Å²) in [5, 5.41) is 10.0. The van der Waals surface area contributed by atoms with Crippen LogP contribution in [-0.2, 0) is 24.3 Å². The summed E-state index contributed by atoms with van der Waals surface area (Å²) in [6, 6.07) is 21.3. The molecule has 1 fully saturated rings. The fourth-order valence-corrected chi connectivity index (χ4v) is 4.68. The first-order valence-electron chi connectivity index (χ1n) is 12.2. The minimum absolute atomic E-state index is 0.0732. The molecule has 1 atom stereocenters. The molecule has 0 spiro atoms. The maximum atomic E-state index is 13.7. The molecule has 1 aliphatic rings. The molecule has 37 heavy (non-hydrogen) atoms. The number of para-hydroxylation sites is 2. The van der Waals surface area contributed by atoms with Gasteiger partial charge < -0.3 is 19.3 Å². The predicted octanol–water partition coefficient (Wildman–Crippen LogP) is 4.45. The highest BCUT2D eigenvalue weighted by Gasteiger charge is 2.31. The molecule has 7 nitrogen and oxygen atoms in total. The van der Waals surface area contributed by atoms with Crippen LogP contribution in [0.3, 0.4) is 0 Å². The Morgan fingerprint density at radius 2 is 1.84 bits per heavy atom. The topological polar surface area (TPSA) is 70.8 Å². The summed E-state index contributed by atoms with van der Waals surface area (Å²) >= 11 is 0. The number of benzene rings is 3. The second kappa shape index (κ2) is 10.8. The van der Waals surface area contributed by atoms with Crippen molar-refractivity contribution < 1.29 is 19.0 Å². The summed E-state index contributed by atoms with van der Waals surface area (Å²) in [6.07, 6.45) is 4.26. The highest BCUT2D eigenvalue weighted by molar-refractivity contribution is 5.78. The Hall–Kier alpha value is -4.17. The molecule has 0 aliphatic carbocycles. The first-order chi connectivity index (χ1) is 17.9. The summed E-state index contributed by atoms with van der Waals surface area (Å²) in [4.78, 5) is 20.9. The Labute approximate surface area is 215 Å². The third-order valence-corrected chi connectivity index (χ3v) is 6.63. The first-order valence-corrected chi connectivity index (χ1v) is 12.2. The van der Waals surface area contributed by atoms with E-state index in [-0.39, 0.29) is 23.5 Å². The van der Waals surface area contributed by atoms with Crippen LogP contribution in [0.25, 0.3) is 0 Å². The van der Waals surface area contributed by atoms with Crippen molar-refractivity contribution in [1.29, 1.82) is 0 Å². The lowest BCUT2D eigenvalue weighted by molar-refractivity contribution is -0.137. The molecule has 0 saturated carbocycles. The van der Waals surface area contributed by atoms with Crippen LogP contribution in [0.1, 0.15) is 16.8 Å². The van der Waals surface area contributed by atoms with Gasteiger partial charge in [0.25, 0.3) is 0 Å². The van der Waals surface area contributed by atoms with Gasteiger partial charge in [-0.3, -0.25) is 9.69 Å². The number of aromatic nitrogens is 2. The maximum Gasteiger partial charge on any atom is 0.236 e. The van der Waals surface area contributed by atoms with Crippen molar-refractivity contribution in [2.45, 2.75) is 25.6 Å². The quantitative estimate of drug-likeness (QED) is 0.387. The summed E-state index contributed by atoms with van der Waals surface area (Å²) in [6.45, 7) is 1.96. The number of nitrogens with zero attached hydrogens (tertiary/aromatic N) is 4. The molecule has 2 heterocycles. The number of piperazine rings is 1. The molecular formula is C29H29FN4O3. The molecule has 3 aromatic carbocycles. The fourth-order valence-electron chi connectivity index (χ4n) is 4.68. The number of amides is 1. The van der Waals surface area contributed by atoms with Gasteiger partial charge in [-0.25, -0.2) is 9.37 Å². The molecule has 5 rings (SSSR count). The second-order valence-corrected chi connectivity index (χ2v) is 9.40. The van der Waals surface area contributed by atoms with Crippen LogP contribution in [0.15, 0.2) is 85.3 Å². The van der Waals surface area contributed by atoms with Crippen LogP contribution in [0, 0.1) is 5.82 Å². The predicted molar refractivity (Wildman–Crippen MR) is 138 cm³/mol. The molecule has 1 aliphatic heterocycles. The number of aromatic hydroxyl groups is 1. The van der Waals surface area contributed by atoms with Crippen molar-refractivity contribution in [2.75, 3.05) is 20.1 Å². The third-order valence-electron chi connectivity index (χ3n) is 6.63. The Bertz CT molecular complexity index is 1390. The Morgan fingerprint density at radius 3 is 2.68 bits per heavy atom. The van der Waals surface area contributed by atoms with Gasteiger partial charge in [0, 0.05) is 38.9 Å². The van der Waals surface area contributed by atoms with Gasteiger partial charge in [-0.1, -0.05) is 36.4 Å². The van der Waals surface area contributed by atoms with E-state index in [0.29, 0.717) is 44.1 Å². The van der Waals surface area contributed by atoms with Crippen molar-refractivity contribution in [1.82, 2.24) is 19.4 Å². The summed E-state index contributed by atoms with van der Waals surface area (Å²) in [5.41, 5.74) is 2.88. The standard InChI is InChI=1S/C29H29FN4O3/c1-32-17-24(13-21-6-5-9-26(14-21)37-28-11-3-2-10-27(28)35)33(19-29(32)36)18-25-15-31-20-34(25)16-22-7-4-8-23(30)12-22/h2-12,14-15,20,24,35H,13,16-19H2,1H3. The molecule has 4 aromatic rings. The van der Waals surface area contributed by atoms with E-state index in [1.165, 1.54) is 12.1 Å². The van der Waals surface area contributed by atoms with Crippen molar-refractivity contribution >= 4 is 5.91 Å². The van der Waals surface area contributed by atoms with E-state index in [0.717, 1.165) is 16.8 Å². The van der Waals surface area contributed by atoms with Crippen LogP contribution in [0.4, 0.5) is 4.39 Å². The van der Waals surface area contributed by atoms with Gasteiger partial charge in [-0.15, -0.1) is 0 Å². The Balaban J connectivity index is 1.32. The average Bonchev–Trinajstić information content (AvgIpc) is 3.30. The van der Waals surface area contributed by atoms with Gasteiger partial charge in [-0.2, -0.15) is 0 Å². The highest BCUT2D eigenvalue weighted by atomic mass is 19.1. The van der Waals surface area contributed by atoms with Gasteiger partial charge >= 0.3 is 0 Å². The molecular weight excluding hydrogens is 471 g/mol. The van der Waals surface area contributed by atoms with Crippen LogP contribution in [-0.4, -0.2) is 56.5 Å². The van der Waals surface area contributed by atoms with E-state index in [1.54, 1.807) is 41.7 Å². The molecule has 1 unspecified atom stereocenters. The van der Waals surface area contributed by atoms with Gasteiger partial charge in [0.05, 0.1) is 18.6 Å². The molecule has 1 amide bonds. The number of imidazole rings is 1. The van der Waals surface area contributed by atoms with Crippen LogP contribution < -0.4 is 4.74 Å². The SMILES string of the molecule is CN1CC(Cc2cccc(Oc3ccccc3O)c2)N(Cc2cncn2Cc2cccc(F)c2)CC1=O. The summed E-state index contributed by atoms with van der Waals surface area (Å²) in [7, 11) is 1.83. The van der Waals surface area contributed by atoms with Crippen LogP contribution in [0.5, 0.6) is 17.2 Å².